The lowest BCUT2D eigenvalue weighted by Gasteiger charge is -2.14. The van der Waals surface area contributed by atoms with E-state index in [0.29, 0.717) is 30.6 Å². The number of hydrogen-bond donors (Lipinski definition) is 4. The Labute approximate surface area is 309 Å². The smallest absolute Gasteiger partial charge is 0.335 e. The molecule has 1 aromatic heterocycles. The fourth-order valence-corrected chi connectivity index (χ4v) is 8.08. The van der Waals surface area contributed by atoms with Crippen LogP contribution in [-0.2, 0) is 45.7 Å². The third kappa shape index (κ3) is 11.8. The molecule has 0 spiro atoms. The highest BCUT2D eigenvalue weighted by Crippen LogP contribution is 2.25. The van der Waals surface area contributed by atoms with Gasteiger partial charge in [-0.25, -0.2) is 26.4 Å². The van der Waals surface area contributed by atoms with Gasteiger partial charge in [0.25, 0.3) is 10.0 Å². The van der Waals surface area contributed by atoms with Crippen LogP contribution in [0.4, 0.5) is 11.4 Å². The van der Waals surface area contributed by atoms with Crippen LogP contribution in [0.3, 0.4) is 0 Å². The summed E-state index contributed by atoms with van der Waals surface area (Å²) in [5.74, 6) is -1.87. The van der Waals surface area contributed by atoms with E-state index in [0.717, 1.165) is 41.5 Å². The van der Waals surface area contributed by atoms with E-state index in [1.165, 1.54) is 11.3 Å². The number of carboxylic acid groups (broad SMARTS) is 2. The number of aromatic carboxylic acids is 2. The van der Waals surface area contributed by atoms with Crippen molar-refractivity contribution in [2.75, 3.05) is 9.44 Å². The highest BCUT2D eigenvalue weighted by atomic mass is 32.2. The predicted octanol–water partition coefficient (Wildman–Crippen LogP) is 8.13. The Kier molecular flexibility index (Phi) is 14.2. The summed E-state index contributed by atoms with van der Waals surface area (Å²) in [6.07, 6.45) is 4.40. The quantitative estimate of drug-likeness (QED) is 0.0782. The second-order valence-corrected chi connectivity index (χ2v) is 17.4. The number of carboxylic acids is 2. The van der Waals surface area contributed by atoms with Crippen LogP contribution in [0.1, 0.15) is 69.7 Å². The van der Waals surface area contributed by atoms with Crippen LogP contribution in [-0.4, -0.2) is 44.2 Å². The highest BCUT2D eigenvalue weighted by molar-refractivity contribution is 7.94. The Balaban J connectivity index is 0.000000234. The molecule has 0 aliphatic carbocycles. The van der Waals surface area contributed by atoms with Gasteiger partial charge < -0.3 is 10.2 Å². The van der Waals surface area contributed by atoms with E-state index < -0.39 is 37.2 Å². The summed E-state index contributed by atoms with van der Waals surface area (Å²) in [6, 6.07) is 31.7. The van der Waals surface area contributed by atoms with Crippen molar-refractivity contribution >= 4 is 54.7 Å². The Bertz CT molecular complexity index is 2180. The van der Waals surface area contributed by atoms with E-state index >= 15 is 0 Å². The third-order valence-corrected chi connectivity index (χ3v) is 12.6. The van der Waals surface area contributed by atoms with E-state index in [1.54, 1.807) is 92.0 Å². The molecule has 0 fully saturated rings. The number of anilines is 2. The average molecular weight is 763 g/mol. The number of benzene rings is 4. The van der Waals surface area contributed by atoms with Crippen molar-refractivity contribution in [2.24, 2.45) is 0 Å². The molecule has 0 bridgehead atoms. The molecule has 274 valence electrons. The first-order valence-electron chi connectivity index (χ1n) is 16.6. The summed E-state index contributed by atoms with van der Waals surface area (Å²) < 4.78 is 54.7. The fourth-order valence-electron chi connectivity index (χ4n) is 5.24. The van der Waals surface area contributed by atoms with E-state index in [4.69, 9.17) is 10.2 Å². The maximum absolute atomic E-state index is 12.5. The van der Waals surface area contributed by atoms with Gasteiger partial charge in [-0.1, -0.05) is 66.7 Å². The highest BCUT2D eigenvalue weighted by Gasteiger charge is 2.18. The van der Waals surface area contributed by atoms with E-state index in [-0.39, 0.29) is 15.3 Å². The van der Waals surface area contributed by atoms with Gasteiger partial charge in [0.1, 0.15) is 4.21 Å². The van der Waals surface area contributed by atoms with Gasteiger partial charge >= 0.3 is 11.9 Å². The SMILES string of the molecule is CC(C)S(=O)(=O)Nc1ccccc1CCCc1cccc(C(=O)O)c1.O=C(O)c1cccc(CCCc2ccccc2NS(=O)(=O)c2cccs2)c1. The maximum Gasteiger partial charge on any atom is 0.335 e. The number of hydrogen-bond acceptors (Lipinski definition) is 7. The number of carbonyl (C=O) groups is 2. The number of aryl methyl sites for hydroxylation is 4. The van der Waals surface area contributed by atoms with Crippen molar-refractivity contribution in [3.05, 3.63) is 148 Å². The average Bonchev–Trinajstić information content (AvgIpc) is 3.67. The molecular formula is C39H42N2O8S3. The van der Waals surface area contributed by atoms with Crippen LogP contribution in [0, 0.1) is 0 Å². The Morgan fingerprint density at radius 2 is 1.10 bits per heavy atom. The van der Waals surface area contributed by atoms with Crippen molar-refractivity contribution in [3.8, 4) is 0 Å². The summed E-state index contributed by atoms with van der Waals surface area (Å²) in [5, 5.41) is 19.3. The molecule has 52 heavy (non-hydrogen) atoms. The van der Waals surface area contributed by atoms with Gasteiger partial charge in [-0.2, -0.15) is 0 Å². The monoisotopic (exact) mass is 762 g/mol. The molecule has 5 aromatic rings. The summed E-state index contributed by atoms with van der Waals surface area (Å²) in [5.41, 5.74) is 5.49. The summed E-state index contributed by atoms with van der Waals surface area (Å²) >= 11 is 1.18. The molecule has 13 heteroatoms. The van der Waals surface area contributed by atoms with Crippen molar-refractivity contribution in [2.45, 2.75) is 61.8 Å². The molecule has 4 aromatic carbocycles. The van der Waals surface area contributed by atoms with Crippen LogP contribution in [0.15, 0.2) is 119 Å². The second kappa shape index (κ2) is 18.5. The Morgan fingerprint density at radius 3 is 1.54 bits per heavy atom. The van der Waals surface area contributed by atoms with Crippen LogP contribution in [0.25, 0.3) is 0 Å². The van der Waals surface area contributed by atoms with Crippen molar-refractivity contribution in [1.82, 2.24) is 0 Å². The van der Waals surface area contributed by atoms with Crippen molar-refractivity contribution < 1.29 is 36.6 Å². The molecule has 4 N–H and O–H groups in total. The van der Waals surface area contributed by atoms with Gasteiger partial charge in [0.05, 0.1) is 27.8 Å². The van der Waals surface area contributed by atoms with Crippen LogP contribution < -0.4 is 9.44 Å². The molecule has 0 saturated carbocycles. The molecule has 0 atom stereocenters. The Morgan fingerprint density at radius 1 is 0.615 bits per heavy atom. The molecule has 0 radical (unpaired) electrons. The first-order chi connectivity index (χ1) is 24.7. The van der Waals surface area contributed by atoms with Crippen molar-refractivity contribution in [3.63, 3.8) is 0 Å². The van der Waals surface area contributed by atoms with Crippen LogP contribution >= 0.6 is 11.3 Å². The minimum atomic E-state index is -3.58. The standard InChI is InChI=1S/C20H19NO4S2.C19H23NO4S/c22-20(23)17-10-4-7-15(14-17)6-3-9-16-8-1-2-11-18(16)21-27(24,25)19-12-5-13-26-19;1-14(2)25(23,24)20-18-12-4-3-9-16(18)10-5-7-15-8-6-11-17(13-15)19(21)22/h1-2,4-5,7-8,10-14,21H,3,6,9H2,(H,22,23);3-4,6,8-9,11-14,20H,5,7,10H2,1-2H3,(H,21,22). The molecule has 1 heterocycles. The molecule has 0 aliphatic rings. The lowest BCUT2D eigenvalue weighted by molar-refractivity contribution is 0.0686. The number of nitrogens with one attached hydrogen (secondary N) is 2. The zero-order valence-corrected chi connectivity index (χ0v) is 31.3. The zero-order chi connectivity index (χ0) is 37.7. The lowest BCUT2D eigenvalue weighted by Crippen LogP contribution is -2.23. The first kappa shape index (κ1) is 39.8. The zero-order valence-electron chi connectivity index (χ0n) is 28.9. The summed E-state index contributed by atoms with van der Waals surface area (Å²) in [7, 11) is -6.96. The number of thiophene rings is 1. The minimum Gasteiger partial charge on any atom is -0.478 e. The molecular weight excluding hydrogens is 721 g/mol. The van der Waals surface area contributed by atoms with Crippen molar-refractivity contribution in [1.29, 1.82) is 0 Å². The normalized spacial score (nSPS) is 11.4. The van der Waals surface area contributed by atoms with E-state index in [2.05, 4.69) is 9.44 Å². The fraction of sp³-hybridized carbons (Fsp3) is 0.231. The molecule has 0 saturated heterocycles. The Hall–Kier alpha value is -4.98. The van der Waals surface area contributed by atoms with Gasteiger partial charge in [0.15, 0.2) is 0 Å². The summed E-state index contributed by atoms with van der Waals surface area (Å²) in [4.78, 5) is 22.1. The first-order valence-corrected chi connectivity index (χ1v) is 20.5. The van der Waals surface area contributed by atoms with Crippen LogP contribution in [0.5, 0.6) is 0 Å². The number of sulfonamides is 2. The van der Waals surface area contributed by atoms with Gasteiger partial charge in [0, 0.05) is 0 Å². The van der Waals surface area contributed by atoms with Gasteiger partial charge in [0.2, 0.25) is 10.0 Å². The van der Waals surface area contributed by atoms with Gasteiger partial charge in [-0.05, 0) is 122 Å². The van der Waals surface area contributed by atoms with E-state index in [1.807, 2.05) is 36.4 Å². The number of para-hydroxylation sites is 2. The maximum atomic E-state index is 12.5. The third-order valence-electron chi connectivity index (χ3n) is 8.08. The molecule has 0 unspecified atom stereocenters. The van der Waals surface area contributed by atoms with E-state index in [9.17, 15) is 26.4 Å². The topological polar surface area (TPSA) is 167 Å². The molecule has 0 aliphatic heterocycles. The van der Waals surface area contributed by atoms with Gasteiger partial charge in [-0.3, -0.25) is 9.44 Å². The second-order valence-electron chi connectivity index (χ2n) is 12.3. The lowest BCUT2D eigenvalue weighted by atomic mass is 10.0. The number of rotatable bonds is 16. The minimum absolute atomic E-state index is 0.275. The largest absolute Gasteiger partial charge is 0.478 e. The molecule has 0 amide bonds. The predicted molar refractivity (Wildman–Crippen MR) is 207 cm³/mol. The molecule has 10 nitrogen and oxygen atoms in total. The summed E-state index contributed by atoms with van der Waals surface area (Å²) in [6.45, 7) is 3.28. The molecule has 5 rings (SSSR count). The van der Waals surface area contributed by atoms with Gasteiger partial charge in [-0.15, -0.1) is 11.3 Å². The van der Waals surface area contributed by atoms with Crippen LogP contribution in [0.2, 0.25) is 0 Å².